The van der Waals surface area contributed by atoms with Crippen LogP contribution in [-0.2, 0) is 16.1 Å². The Morgan fingerprint density at radius 3 is 2.89 bits per heavy atom. The van der Waals surface area contributed by atoms with Gasteiger partial charge in [0.1, 0.15) is 12.4 Å². The Labute approximate surface area is 113 Å². The maximum atomic E-state index is 12.1. The zero-order valence-electron chi connectivity index (χ0n) is 11.3. The van der Waals surface area contributed by atoms with Crippen molar-refractivity contribution in [3.63, 3.8) is 0 Å². The summed E-state index contributed by atoms with van der Waals surface area (Å²) in [6.45, 7) is 0.351. The molecule has 2 aliphatic carbocycles. The average Bonchev–Trinajstić information content (AvgIpc) is 3.07. The Morgan fingerprint density at radius 1 is 1.32 bits per heavy atom. The van der Waals surface area contributed by atoms with Crippen LogP contribution in [0.25, 0.3) is 0 Å². The summed E-state index contributed by atoms with van der Waals surface area (Å²) in [5, 5.41) is 0. The molecule has 2 saturated carbocycles. The molecule has 0 amide bonds. The van der Waals surface area contributed by atoms with Gasteiger partial charge in [-0.2, -0.15) is 0 Å². The van der Waals surface area contributed by atoms with E-state index in [0.29, 0.717) is 12.5 Å². The molecule has 0 saturated heterocycles. The van der Waals surface area contributed by atoms with E-state index in [2.05, 4.69) is 0 Å². The van der Waals surface area contributed by atoms with E-state index in [1.807, 2.05) is 24.3 Å². The Hall–Kier alpha value is -1.51. The molecular weight excluding hydrogens is 240 g/mol. The van der Waals surface area contributed by atoms with Crippen molar-refractivity contribution in [2.45, 2.75) is 32.3 Å². The van der Waals surface area contributed by atoms with Gasteiger partial charge in [-0.05, 0) is 48.8 Å². The first-order chi connectivity index (χ1) is 9.26. The topological polar surface area (TPSA) is 35.5 Å². The SMILES string of the molecule is COc1cccc(COC(=O)C2CC3CCC2C3)c1. The average molecular weight is 260 g/mol. The van der Waals surface area contributed by atoms with Crippen LogP contribution in [0, 0.1) is 17.8 Å². The molecule has 3 atom stereocenters. The Kier molecular flexibility index (Phi) is 3.45. The van der Waals surface area contributed by atoms with Crippen molar-refractivity contribution in [3.05, 3.63) is 29.8 Å². The molecule has 0 N–H and O–H groups in total. The van der Waals surface area contributed by atoms with Crippen molar-refractivity contribution in [2.24, 2.45) is 17.8 Å². The van der Waals surface area contributed by atoms with Crippen molar-refractivity contribution in [3.8, 4) is 5.75 Å². The molecule has 19 heavy (non-hydrogen) atoms. The van der Waals surface area contributed by atoms with Crippen LogP contribution in [0.4, 0.5) is 0 Å². The Morgan fingerprint density at radius 2 is 2.21 bits per heavy atom. The van der Waals surface area contributed by atoms with Crippen LogP contribution in [0.5, 0.6) is 5.75 Å². The summed E-state index contributed by atoms with van der Waals surface area (Å²) in [4.78, 5) is 12.1. The standard InChI is InChI=1S/C16H20O3/c1-18-14-4-2-3-12(8-14)10-19-16(17)15-9-11-5-6-13(15)7-11/h2-4,8,11,13,15H,5-7,9-10H2,1H3. The van der Waals surface area contributed by atoms with Crippen LogP contribution in [0.1, 0.15) is 31.2 Å². The van der Waals surface area contributed by atoms with Gasteiger partial charge >= 0.3 is 5.97 Å². The fraction of sp³-hybridized carbons (Fsp3) is 0.562. The molecule has 0 aliphatic heterocycles. The van der Waals surface area contributed by atoms with E-state index < -0.39 is 0 Å². The summed E-state index contributed by atoms with van der Waals surface area (Å²) in [7, 11) is 1.64. The number of esters is 1. The normalized spacial score (nSPS) is 28.4. The fourth-order valence-corrected chi connectivity index (χ4v) is 3.56. The van der Waals surface area contributed by atoms with Crippen LogP contribution >= 0.6 is 0 Å². The number of carbonyl (C=O) groups excluding carboxylic acids is 1. The molecule has 0 radical (unpaired) electrons. The van der Waals surface area contributed by atoms with Gasteiger partial charge in [0.15, 0.2) is 0 Å². The highest BCUT2D eigenvalue weighted by molar-refractivity contribution is 5.73. The van der Waals surface area contributed by atoms with Crippen molar-refractivity contribution in [1.82, 2.24) is 0 Å². The zero-order valence-corrected chi connectivity index (χ0v) is 11.3. The number of benzene rings is 1. The van der Waals surface area contributed by atoms with E-state index in [-0.39, 0.29) is 11.9 Å². The molecule has 1 aromatic carbocycles. The molecule has 3 unspecified atom stereocenters. The molecule has 2 fully saturated rings. The number of carbonyl (C=O) groups is 1. The minimum atomic E-state index is -0.00461. The molecule has 2 aliphatic rings. The van der Waals surface area contributed by atoms with Gasteiger partial charge in [-0.15, -0.1) is 0 Å². The maximum Gasteiger partial charge on any atom is 0.309 e. The van der Waals surface area contributed by atoms with Gasteiger partial charge < -0.3 is 9.47 Å². The molecule has 1 aromatic rings. The Bertz CT molecular complexity index is 469. The van der Waals surface area contributed by atoms with E-state index >= 15 is 0 Å². The third kappa shape index (κ3) is 2.60. The lowest BCUT2D eigenvalue weighted by molar-refractivity contribution is -0.151. The highest BCUT2D eigenvalue weighted by Crippen LogP contribution is 2.48. The number of hydrogen-bond acceptors (Lipinski definition) is 3. The third-order valence-corrected chi connectivity index (χ3v) is 4.56. The highest BCUT2D eigenvalue weighted by atomic mass is 16.5. The van der Waals surface area contributed by atoms with Gasteiger partial charge in [0.2, 0.25) is 0 Å². The lowest BCUT2D eigenvalue weighted by Crippen LogP contribution is -2.23. The maximum absolute atomic E-state index is 12.1. The summed E-state index contributed by atoms with van der Waals surface area (Å²) >= 11 is 0. The molecule has 2 bridgehead atoms. The first-order valence-electron chi connectivity index (χ1n) is 7.06. The number of rotatable bonds is 4. The van der Waals surface area contributed by atoms with E-state index in [1.165, 1.54) is 19.3 Å². The summed E-state index contributed by atoms with van der Waals surface area (Å²) in [6, 6.07) is 7.67. The number of ether oxygens (including phenoxy) is 2. The molecule has 0 spiro atoms. The van der Waals surface area contributed by atoms with Crippen molar-refractivity contribution in [1.29, 1.82) is 0 Å². The molecule has 3 nitrogen and oxygen atoms in total. The summed E-state index contributed by atoms with van der Waals surface area (Å²) in [5.74, 6) is 2.31. The summed E-state index contributed by atoms with van der Waals surface area (Å²) in [6.07, 6.45) is 4.80. The quantitative estimate of drug-likeness (QED) is 0.780. The lowest BCUT2D eigenvalue weighted by atomic mass is 9.89. The second kappa shape index (κ2) is 5.24. The molecule has 102 valence electrons. The molecule has 0 heterocycles. The van der Waals surface area contributed by atoms with Crippen molar-refractivity contribution in [2.75, 3.05) is 7.11 Å². The van der Waals surface area contributed by atoms with Gasteiger partial charge in [-0.25, -0.2) is 0 Å². The van der Waals surface area contributed by atoms with E-state index in [9.17, 15) is 4.79 Å². The minimum Gasteiger partial charge on any atom is -0.497 e. The minimum absolute atomic E-state index is 0.00461. The van der Waals surface area contributed by atoms with Crippen LogP contribution in [0.2, 0.25) is 0 Å². The Balaban J connectivity index is 1.55. The monoisotopic (exact) mass is 260 g/mol. The van der Waals surface area contributed by atoms with Gasteiger partial charge in [0.05, 0.1) is 13.0 Å². The first-order valence-corrected chi connectivity index (χ1v) is 7.06. The van der Waals surface area contributed by atoms with Crippen LogP contribution in [0.15, 0.2) is 24.3 Å². The van der Waals surface area contributed by atoms with E-state index in [0.717, 1.165) is 23.7 Å². The summed E-state index contributed by atoms with van der Waals surface area (Å²) < 4.78 is 10.6. The second-order valence-corrected chi connectivity index (χ2v) is 5.74. The third-order valence-electron chi connectivity index (χ3n) is 4.56. The predicted octanol–water partition coefficient (Wildman–Crippen LogP) is 3.17. The van der Waals surface area contributed by atoms with Gasteiger partial charge in [0.25, 0.3) is 0 Å². The predicted molar refractivity (Wildman–Crippen MR) is 71.7 cm³/mol. The fourth-order valence-electron chi connectivity index (χ4n) is 3.56. The molecular formula is C16H20O3. The second-order valence-electron chi connectivity index (χ2n) is 5.74. The molecule has 3 rings (SSSR count). The zero-order chi connectivity index (χ0) is 13.2. The highest BCUT2D eigenvalue weighted by Gasteiger charge is 2.43. The van der Waals surface area contributed by atoms with Gasteiger partial charge in [0, 0.05) is 0 Å². The number of hydrogen-bond donors (Lipinski definition) is 0. The number of methoxy groups -OCH3 is 1. The van der Waals surface area contributed by atoms with Gasteiger partial charge in [-0.3, -0.25) is 4.79 Å². The van der Waals surface area contributed by atoms with Crippen molar-refractivity contribution < 1.29 is 14.3 Å². The van der Waals surface area contributed by atoms with Crippen LogP contribution < -0.4 is 4.74 Å². The van der Waals surface area contributed by atoms with E-state index in [1.54, 1.807) is 7.11 Å². The number of fused-ring (bicyclic) bond motifs is 2. The summed E-state index contributed by atoms with van der Waals surface area (Å²) in [5.41, 5.74) is 0.982. The smallest absolute Gasteiger partial charge is 0.309 e. The largest absolute Gasteiger partial charge is 0.497 e. The van der Waals surface area contributed by atoms with Gasteiger partial charge in [-0.1, -0.05) is 18.6 Å². The molecule has 3 heteroatoms. The van der Waals surface area contributed by atoms with Crippen LogP contribution in [-0.4, -0.2) is 13.1 Å². The lowest BCUT2D eigenvalue weighted by Gasteiger charge is -2.19. The van der Waals surface area contributed by atoms with Crippen LogP contribution in [0.3, 0.4) is 0 Å². The van der Waals surface area contributed by atoms with Crippen molar-refractivity contribution >= 4 is 5.97 Å². The first kappa shape index (κ1) is 12.5. The molecule has 0 aromatic heterocycles. The van der Waals surface area contributed by atoms with E-state index in [4.69, 9.17) is 9.47 Å².